The Kier molecular flexibility index (Phi) is 4.18. The largest absolute Gasteiger partial charge is 0.493 e. The van der Waals surface area contributed by atoms with Gasteiger partial charge in [-0.25, -0.2) is 4.39 Å². The monoisotopic (exact) mass is 246 g/mol. The summed E-state index contributed by atoms with van der Waals surface area (Å²) in [6.45, 7) is 0.534. The third-order valence-electron chi connectivity index (χ3n) is 2.63. The van der Waals surface area contributed by atoms with Crippen LogP contribution in [0.3, 0.4) is 0 Å². The van der Waals surface area contributed by atoms with E-state index in [9.17, 15) is 4.39 Å². The highest BCUT2D eigenvalue weighted by Crippen LogP contribution is 2.25. The van der Waals surface area contributed by atoms with Crippen molar-refractivity contribution >= 4 is 0 Å². The van der Waals surface area contributed by atoms with E-state index in [0.29, 0.717) is 6.61 Å². The van der Waals surface area contributed by atoms with Gasteiger partial charge in [-0.05, 0) is 29.8 Å². The summed E-state index contributed by atoms with van der Waals surface area (Å²) in [7, 11) is 1.61. The molecular weight excluding hydrogens is 231 g/mol. The van der Waals surface area contributed by atoms with Crippen molar-refractivity contribution < 1.29 is 13.9 Å². The number of para-hydroxylation sites is 2. The first-order chi connectivity index (χ1) is 8.79. The fourth-order valence-corrected chi connectivity index (χ4v) is 1.67. The maximum atomic E-state index is 12.7. The van der Waals surface area contributed by atoms with Crippen LogP contribution in [0.25, 0.3) is 0 Å². The summed E-state index contributed by atoms with van der Waals surface area (Å²) in [6, 6.07) is 14.0. The highest BCUT2D eigenvalue weighted by molar-refractivity contribution is 5.39. The molecule has 0 radical (unpaired) electrons. The molecule has 18 heavy (non-hydrogen) atoms. The van der Waals surface area contributed by atoms with Crippen molar-refractivity contribution in [3.05, 3.63) is 59.9 Å². The minimum Gasteiger partial charge on any atom is -0.493 e. The molecule has 0 amide bonds. The van der Waals surface area contributed by atoms with Crippen LogP contribution in [-0.4, -0.2) is 13.7 Å². The summed E-state index contributed by atoms with van der Waals surface area (Å²) < 4.78 is 23.6. The number of methoxy groups -OCH3 is 1. The number of ether oxygens (including phenoxy) is 2. The minimum absolute atomic E-state index is 0.218. The van der Waals surface area contributed by atoms with Crippen LogP contribution in [0.2, 0.25) is 0 Å². The van der Waals surface area contributed by atoms with Crippen molar-refractivity contribution in [1.82, 2.24) is 0 Å². The van der Waals surface area contributed by atoms with Gasteiger partial charge in [0.1, 0.15) is 5.82 Å². The molecule has 0 aromatic heterocycles. The summed E-state index contributed by atoms with van der Waals surface area (Å²) in [5.74, 6) is 1.23. The molecule has 0 aliphatic heterocycles. The van der Waals surface area contributed by atoms with Crippen LogP contribution in [0.1, 0.15) is 5.56 Å². The molecule has 0 aliphatic rings. The lowest BCUT2D eigenvalue weighted by molar-refractivity contribution is 0.297. The van der Waals surface area contributed by atoms with Gasteiger partial charge in [0.2, 0.25) is 0 Å². The minimum atomic E-state index is -0.218. The quantitative estimate of drug-likeness (QED) is 0.804. The zero-order valence-electron chi connectivity index (χ0n) is 10.2. The Morgan fingerprint density at radius 2 is 1.61 bits per heavy atom. The first-order valence-electron chi connectivity index (χ1n) is 5.80. The van der Waals surface area contributed by atoms with E-state index in [0.717, 1.165) is 23.5 Å². The van der Waals surface area contributed by atoms with Crippen molar-refractivity contribution in [2.45, 2.75) is 6.42 Å². The molecule has 0 saturated carbocycles. The highest BCUT2D eigenvalue weighted by Gasteiger charge is 2.02. The molecule has 0 atom stereocenters. The lowest BCUT2D eigenvalue weighted by Gasteiger charge is -2.10. The first-order valence-corrected chi connectivity index (χ1v) is 5.80. The highest BCUT2D eigenvalue weighted by atomic mass is 19.1. The lowest BCUT2D eigenvalue weighted by Crippen LogP contribution is -2.02. The second-order valence-electron chi connectivity index (χ2n) is 3.88. The fourth-order valence-electron chi connectivity index (χ4n) is 1.67. The molecule has 2 nitrogen and oxygen atoms in total. The summed E-state index contributed by atoms with van der Waals surface area (Å²) in [5.41, 5.74) is 1.05. The van der Waals surface area contributed by atoms with Gasteiger partial charge in [0.15, 0.2) is 11.5 Å². The molecule has 2 aromatic rings. The van der Waals surface area contributed by atoms with Crippen LogP contribution in [0, 0.1) is 5.82 Å². The summed E-state index contributed by atoms with van der Waals surface area (Å²) >= 11 is 0. The zero-order chi connectivity index (χ0) is 12.8. The standard InChI is InChI=1S/C15H15FO2/c1-17-14-4-2-3-5-15(14)18-11-10-12-6-8-13(16)9-7-12/h2-9H,10-11H2,1H3. The van der Waals surface area contributed by atoms with Crippen LogP contribution >= 0.6 is 0 Å². The van der Waals surface area contributed by atoms with Crippen molar-refractivity contribution in [2.75, 3.05) is 13.7 Å². The van der Waals surface area contributed by atoms with Crippen LogP contribution in [-0.2, 0) is 6.42 Å². The topological polar surface area (TPSA) is 18.5 Å². The Labute approximate surface area is 106 Å². The van der Waals surface area contributed by atoms with Crippen molar-refractivity contribution in [3.8, 4) is 11.5 Å². The maximum absolute atomic E-state index is 12.7. The molecule has 0 saturated heterocycles. The van der Waals surface area contributed by atoms with Gasteiger partial charge in [0.25, 0.3) is 0 Å². The molecule has 0 bridgehead atoms. The molecule has 94 valence electrons. The van der Waals surface area contributed by atoms with Crippen molar-refractivity contribution in [1.29, 1.82) is 0 Å². The number of halogens is 1. The SMILES string of the molecule is COc1ccccc1OCCc1ccc(F)cc1. The van der Waals surface area contributed by atoms with Gasteiger partial charge in [-0.3, -0.25) is 0 Å². The summed E-state index contributed by atoms with van der Waals surface area (Å²) in [6.07, 6.45) is 0.734. The van der Waals surface area contributed by atoms with Gasteiger partial charge in [-0.2, -0.15) is 0 Å². The van der Waals surface area contributed by atoms with Crippen LogP contribution in [0.4, 0.5) is 4.39 Å². The van der Waals surface area contributed by atoms with Crippen molar-refractivity contribution in [3.63, 3.8) is 0 Å². The van der Waals surface area contributed by atoms with Crippen LogP contribution < -0.4 is 9.47 Å². The summed E-state index contributed by atoms with van der Waals surface area (Å²) in [5, 5.41) is 0. The van der Waals surface area contributed by atoms with Crippen molar-refractivity contribution in [2.24, 2.45) is 0 Å². The van der Waals surface area contributed by atoms with E-state index in [1.165, 1.54) is 12.1 Å². The van der Waals surface area contributed by atoms with E-state index in [1.807, 2.05) is 24.3 Å². The average Bonchev–Trinajstić information content (AvgIpc) is 2.41. The van der Waals surface area contributed by atoms with E-state index in [1.54, 1.807) is 19.2 Å². The number of hydrogen-bond acceptors (Lipinski definition) is 2. The smallest absolute Gasteiger partial charge is 0.161 e. The third-order valence-corrected chi connectivity index (χ3v) is 2.63. The van der Waals surface area contributed by atoms with Gasteiger partial charge in [0.05, 0.1) is 13.7 Å². The fraction of sp³-hybridized carbons (Fsp3) is 0.200. The van der Waals surface area contributed by atoms with Gasteiger partial charge < -0.3 is 9.47 Å². The molecule has 0 spiro atoms. The lowest BCUT2D eigenvalue weighted by atomic mass is 10.2. The number of hydrogen-bond donors (Lipinski definition) is 0. The van der Waals surface area contributed by atoms with Gasteiger partial charge in [-0.15, -0.1) is 0 Å². The molecule has 0 aliphatic carbocycles. The zero-order valence-corrected chi connectivity index (χ0v) is 10.2. The summed E-state index contributed by atoms with van der Waals surface area (Å²) in [4.78, 5) is 0. The molecule has 0 heterocycles. The Morgan fingerprint density at radius 1 is 0.944 bits per heavy atom. The van der Waals surface area contributed by atoms with E-state index >= 15 is 0 Å². The second-order valence-corrected chi connectivity index (χ2v) is 3.88. The second kappa shape index (κ2) is 6.05. The Hall–Kier alpha value is -2.03. The van der Waals surface area contributed by atoms with Crippen LogP contribution in [0.5, 0.6) is 11.5 Å². The van der Waals surface area contributed by atoms with Crippen LogP contribution in [0.15, 0.2) is 48.5 Å². The predicted octanol–water partition coefficient (Wildman–Crippen LogP) is 3.46. The molecule has 0 fully saturated rings. The maximum Gasteiger partial charge on any atom is 0.161 e. The average molecular weight is 246 g/mol. The van der Waals surface area contributed by atoms with Gasteiger partial charge >= 0.3 is 0 Å². The molecule has 3 heteroatoms. The van der Waals surface area contributed by atoms with E-state index in [2.05, 4.69) is 0 Å². The van der Waals surface area contributed by atoms with E-state index in [-0.39, 0.29) is 5.82 Å². The number of rotatable bonds is 5. The Balaban J connectivity index is 1.90. The Morgan fingerprint density at radius 3 is 2.28 bits per heavy atom. The molecule has 2 rings (SSSR count). The number of benzene rings is 2. The van der Waals surface area contributed by atoms with Gasteiger partial charge in [0, 0.05) is 6.42 Å². The molecule has 2 aromatic carbocycles. The first kappa shape index (κ1) is 12.4. The third kappa shape index (κ3) is 3.23. The van der Waals surface area contributed by atoms with E-state index < -0.39 is 0 Å². The molecular formula is C15H15FO2. The molecule has 0 unspecified atom stereocenters. The van der Waals surface area contributed by atoms with Gasteiger partial charge in [-0.1, -0.05) is 24.3 Å². The predicted molar refractivity (Wildman–Crippen MR) is 68.6 cm³/mol. The molecule has 0 N–H and O–H groups in total. The normalized spacial score (nSPS) is 10.1. The van der Waals surface area contributed by atoms with E-state index in [4.69, 9.17) is 9.47 Å². The Bertz CT molecular complexity index is 494.